The van der Waals surface area contributed by atoms with E-state index in [1.54, 1.807) is 20.8 Å². The minimum atomic E-state index is -3.25. The highest BCUT2D eigenvalue weighted by atomic mass is 32.2. The summed E-state index contributed by atoms with van der Waals surface area (Å²) in [6.45, 7) is 5.30. The number of hydrogen-bond donors (Lipinski definition) is 2. The topological polar surface area (TPSA) is 97.5 Å². The first-order chi connectivity index (χ1) is 7.62. The summed E-state index contributed by atoms with van der Waals surface area (Å²) in [5, 5.41) is 8.96. The van der Waals surface area contributed by atoms with Gasteiger partial charge in [0.2, 0.25) is 0 Å². The van der Waals surface area contributed by atoms with Crippen molar-refractivity contribution in [3.63, 3.8) is 0 Å². The lowest BCUT2D eigenvalue weighted by Crippen LogP contribution is -2.32. The number of carboxylic acid groups (broad SMARTS) is 1. The molecule has 0 aliphatic carbocycles. The molecule has 5 nitrogen and oxygen atoms in total. The van der Waals surface area contributed by atoms with Gasteiger partial charge in [0.15, 0.2) is 9.84 Å². The van der Waals surface area contributed by atoms with Crippen molar-refractivity contribution in [2.45, 2.75) is 44.8 Å². The molecule has 0 bridgehead atoms. The monoisotopic (exact) mass is 265 g/mol. The number of aliphatic carboxylic acids is 1. The minimum Gasteiger partial charge on any atom is -0.481 e. The maximum Gasteiger partial charge on any atom is 0.306 e. The molecular weight excluding hydrogens is 242 g/mol. The average Bonchev–Trinajstić information content (AvgIpc) is 2.15. The maximum absolute atomic E-state index is 11.8. The van der Waals surface area contributed by atoms with Crippen molar-refractivity contribution in [2.24, 2.45) is 11.7 Å². The fourth-order valence-corrected chi connectivity index (χ4v) is 2.57. The summed E-state index contributed by atoms with van der Waals surface area (Å²) in [5.41, 5.74) is 5.32. The van der Waals surface area contributed by atoms with E-state index in [0.717, 1.165) is 0 Å². The molecule has 6 heteroatoms. The van der Waals surface area contributed by atoms with E-state index in [9.17, 15) is 13.2 Å². The highest BCUT2D eigenvalue weighted by Crippen LogP contribution is 2.20. The standard InChI is InChI=1S/C11H23NO4S/c1-11(2,3)17(15,16)8-6-9(10(13)14)5-4-7-12/h9H,4-8,12H2,1-3H3,(H,13,14). The second kappa shape index (κ2) is 6.35. The zero-order valence-corrected chi connectivity index (χ0v) is 11.6. The van der Waals surface area contributed by atoms with Gasteiger partial charge in [-0.15, -0.1) is 0 Å². The minimum absolute atomic E-state index is 0.0853. The molecule has 0 heterocycles. The summed E-state index contributed by atoms with van der Waals surface area (Å²) in [7, 11) is -3.25. The highest BCUT2D eigenvalue weighted by Gasteiger charge is 2.30. The van der Waals surface area contributed by atoms with Crippen LogP contribution in [0.25, 0.3) is 0 Å². The van der Waals surface area contributed by atoms with Gasteiger partial charge < -0.3 is 10.8 Å². The molecular formula is C11H23NO4S. The molecule has 0 aromatic carbocycles. The summed E-state index contributed by atoms with van der Waals surface area (Å²) < 4.78 is 22.8. The van der Waals surface area contributed by atoms with Crippen LogP contribution in [-0.4, -0.2) is 36.5 Å². The zero-order chi connectivity index (χ0) is 13.7. The molecule has 3 N–H and O–H groups in total. The Morgan fingerprint density at radius 1 is 1.29 bits per heavy atom. The van der Waals surface area contributed by atoms with Crippen LogP contribution < -0.4 is 5.73 Å². The first-order valence-electron chi connectivity index (χ1n) is 5.77. The van der Waals surface area contributed by atoms with Crippen molar-refractivity contribution >= 4 is 15.8 Å². The molecule has 0 aromatic heterocycles. The van der Waals surface area contributed by atoms with Gasteiger partial charge in [-0.25, -0.2) is 8.42 Å². The number of sulfone groups is 1. The van der Waals surface area contributed by atoms with Crippen LogP contribution in [0.1, 0.15) is 40.0 Å². The molecule has 0 saturated carbocycles. The van der Waals surface area contributed by atoms with Crippen LogP contribution in [0.15, 0.2) is 0 Å². The predicted molar refractivity (Wildman–Crippen MR) is 67.6 cm³/mol. The van der Waals surface area contributed by atoms with Crippen LogP contribution in [0, 0.1) is 5.92 Å². The van der Waals surface area contributed by atoms with Crippen molar-refractivity contribution in [3.8, 4) is 0 Å². The Labute approximate surface area is 103 Å². The average molecular weight is 265 g/mol. The first-order valence-corrected chi connectivity index (χ1v) is 7.42. The van der Waals surface area contributed by atoms with Gasteiger partial charge in [0, 0.05) is 0 Å². The summed E-state index contributed by atoms with van der Waals surface area (Å²) in [4.78, 5) is 10.9. The third-order valence-corrected chi connectivity index (χ3v) is 5.41. The van der Waals surface area contributed by atoms with Crippen molar-refractivity contribution < 1.29 is 18.3 Å². The number of carboxylic acids is 1. The van der Waals surface area contributed by atoms with Gasteiger partial charge >= 0.3 is 5.97 Å². The van der Waals surface area contributed by atoms with Crippen LogP contribution in [0.4, 0.5) is 0 Å². The van der Waals surface area contributed by atoms with E-state index in [1.807, 2.05) is 0 Å². The Morgan fingerprint density at radius 3 is 2.18 bits per heavy atom. The van der Waals surface area contributed by atoms with Crippen molar-refractivity contribution in [1.82, 2.24) is 0 Å². The van der Waals surface area contributed by atoms with Crippen LogP contribution in [0.5, 0.6) is 0 Å². The number of nitrogens with two attached hydrogens (primary N) is 1. The maximum atomic E-state index is 11.8. The molecule has 0 amide bonds. The summed E-state index contributed by atoms with van der Waals surface area (Å²) >= 11 is 0. The molecule has 0 spiro atoms. The number of hydrogen-bond acceptors (Lipinski definition) is 4. The summed E-state index contributed by atoms with van der Waals surface area (Å²) in [6.07, 6.45) is 1.20. The quantitative estimate of drug-likeness (QED) is 0.716. The Hall–Kier alpha value is -0.620. The second-order valence-corrected chi connectivity index (χ2v) is 8.05. The van der Waals surface area contributed by atoms with Gasteiger partial charge in [0.1, 0.15) is 0 Å². The molecule has 0 aliphatic heterocycles. The Bertz CT molecular complexity index is 343. The second-order valence-electron chi connectivity index (χ2n) is 5.19. The van der Waals surface area contributed by atoms with Gasteiger partial charge in [-0.1, -0.05) is 0 Å². The lowest BCUT2D eigenvalue weighted by molar-refractivity contribution is -0.142. The molecule has 102 valence electrons. The smallest absolute Gasteiger partial charge is 0.306 e. The van der Waals surface area contributed by atoms with Gasteiger partial charge in [-0.3, -0.25) is 4.79 Å². The molecule has 1 unspecified atom stereocenters. The van der Waals surface area contributed by atoms with E-state index in [4.69, 9.17) is 10.8 Å². The van der Waals surface area contributed by atoms with Gasteiger partial charge in [0.25, 0.3) is 0 Å². The lowest BCUT2D eigenvalue weighted by Gasteiger charge is -2.20. The first kappa shape index (κ1) is 16.4. The van der Waals surface area contributed by atoms with E-state index in [2.05, 4.69) is 0 Å². The molecule has 0 fully saturated rings. The third kappa shape index (κ3) is 5.50. The van der Waals surface area contributed by atoms with E-state index in [0.29, 0.717) is 19.4 Å². The van der Waals surface area contributed by atoms with Crippen molar-refractivity contribution in [1.29, 1.82) is 0 Å². The van der Waals surface area contributed by atoms with Gasteiger partial charge in [0.05, 0.1) is 16.4 Å². The largest absolute Gasteiger partial charge is 0.481 e. The van der Waals surface area contributed by atoms with Crippen LogP contribution in [0.3, 0.4) is 0 Å². The van der Waals surface area contributed by atoms with Crippen LogP contribution in [-0.2, 0) is 14.6 Å². The van der Waals surface area contributed by atoms with E-state index in [-0.39, 0.29) is 12.2 Å². The molecule has 0 rings (SSSR count). The summed E-state index contributed by atoms with van der Waals surface area (Å²) in [6, 6.07) is 0. The predicted octanol–water partition coefficient (Wildman–Crippen LogP) is 1.03. The molecule has 17 heavy (non-hydrogen) atoms. The van der Waals surface area contributed by atoms with E-state index < -0.39 is 26.5 Å². The molecule has 0 aliphatic rings. The van der Waals surface area contributed by atoms with Crippen LogP contribution in [0.2, 0.25) is 0 Å². The number of rotatable bonds is 7. The third-order valence-electron chi connectivity index (χ3n) is 2.77. The van der Waals surface area contributed by atoms with Crippen molar-refractivity contribution in [2.75, 3.05) is 12.3 Å². The van der Waals surface area contributed by atoms with Crippen LogP contribution >= 0.6 is 0 Å². The molecule has 0 saturated heterocycles. The van der Waals surface area contributed by atoms with Gasteiger partial charge in [-0.05, 0) is 46.6 Å². The molecule has 1 atom stereocenters. The van der Waals surface area contributed by atoms with Gasteiger partial charge in [-0.2, -0.15) is 0 Å². The Kier molecular flexibility index (Phi) is 6.12. The Morgan fingerprint density at radius 2 is 1.82 bits per heavy atom. The Balaban J connectivity index is 4.46. The normalized spacial score (nSPS) is 14.6. The fraction of sp³-hybridized carbons (Fsp3) is 0.909. The van der Waals surface area contributed by atoms with Crippen molar-refractivity contribution in [3.05, 3.63) is 0 Å². The van der Waals surface area contributed by atoms with E-state index >= 15 is 0 Å². The number of carbonyl (C=O) groups is 1. The molecule has 0 aromatic rings. The zero-order valence-electron chi connectivity index (χ0n) is 10.8. The lowest BCUT2D eigenvalue weighted by atomic mass is 10.0. The highest BCUT2D eigenvalue weighted by molar-refractivity contribution is 7.92. The summed E-state index contributed by atoms with van der Waals surface area (Å²) in [5.74, 6) is -1.64. The molecule has 0 radical (unpaired) electrons. The fourth-order valence-electron chi connectivity index (χ4n) is 1.36. The van der Waals surface area contributed by atoms with E-state index in [1.165, 1.54) is 0 Å². The SMILES string of the molecule is CC(C)(C)S(=O)(=O)CCC(CCCN)C(=O)O.